The van der Waals surface area contributed by atoms with Gasteiger partial charge >= 0.3 is 6.03 Å². The van der Waals surface area contributed by atoms with Gasteiger partial charge in [0.15, 0.2) is 0 Å². The average molecular weight is 380 g/mol. The van der Waals surface area contributed by atoms with Crippen molar-refractivity contribution >= 4 is 29.2 Å². The van der Waals surface area contributed by atoms with E-state index < -0.39 is 5.54 Å². The Morgan fingerprint density at radius 1 is 1.04 bits per heavy atom. The van der Waals surface area contributed by atoms with Crippen LogP contribution in [0.3, 0.4) is 0 Å². The summed E-state index contributed by atoms with van der Waals surface area (Å²) in [7, 11) is 0. The minimum Gasteiger partial charge on any atom is -0.347 e. The first-order chi connectivity index (χ1) is 13.2. The molecule has 3 N–H and O–H groups in total. The van der Waals surface area contributed by atoms with Gasteiger partial charge in [-0.15, -0.1) is 0 Å². The minimum atomic E-state index is -0.390. The summed E-state index contributed by atoms with van der Waals surface area (Å²) in [6, 6.07) is 13.5. The van der Waals surface area contributed by atoms with Crippen LogP contribution in [0.2, 0.25) is 0 Å². The van der Waals surface area contributed by atoms with Crippen molar-refractivity contribution in [2.75, 3.05) is 23.3 Å². The van der Waals surface area contributed by atoms with E-state index in [1.165, 1.54) is 0 Å². The highest BCUT2D eigenvalue weighted by atomic mass is 16.2. The third kappa shape index (κ3) is 4.49. The van der Waals surface area contributed by atoms with Gasteiger partial charge in [-0.2, -0.15) is 0 Å². The molecule has 4 amide bonds. The van der Waals surface area contributed by atoms with Crippen LogP contribution in [0.4, 0.5) is 16.2 Å². The summed E-state index contributed by atoms with van der Waals surface area (Å²) in [6.07, 6.45) is 0. The zero-order chi connectivity index (χ0) is 20.3. The van der Waals surface area contributed by atoms with Crippen molar-refractivity contribution in [1.29, 1.82) is 0 Å². The van der Waals surface area contributed by atoms with Crippen LogP contribution in [0, 0.1) is 0 Å². The van der Waals surface area contributed by atoms with Gasteiger partial charge in [0.05, 0.1) is 11.3 Å². The number of hydrogen-bond acceptors (Lipinski definition) is 3. The van der Waals surface area contributed by atoms with E-state index in [4.69, 9.17) is 0 Å². The second-order valence-corrected chi connectivity index (χ2v) is 7.64. The van der Waals surface area contributed by atoms with Crippen LogP contribution in [-0.2, 0) is 0 Å². The second-order valence-electron chi connectivity index (χ2n) is 7.64. The number of carbonyl (C=O) groups excluding carboxylic acids is 3. The van der Waals surface area contributed by atoms with Gasteiger partial charge in [-0.1, -0.05) is 18.2 Å². The fourth-order valence-electron chi connectivity index (χ4n) is 2.93. The van der Waals surface area contributed by atoms with Gasteiger partial charge in [-0.05, 0) is 51.1 Å². The van der Waals surface area contributed by atoms with Crippen molar-refractivity contribution < 1.29 is 14.4 Å². The van der Waals surface area contributed by atoms with Crippen LogP contribution in [0.15, 0.2) is 48.5 Å². The average Bonchev–Trinajstić information content (AvgIpc) is 3.07. The molecule has 7 heteroatoms. The van der Waals surface area contributed by atoms with Gasteiger partial charge in [0.2, 0.25) is 0 Å². The Morgan fingerprint density at radius 3 is 2.46 bits per heavy atom. The lowest BCUT2D eigenvalue weighted by molar-refractivity contribution is 0.0920. The van der Waals surface area contributed by atoms with Crippen molar-refractivity contribution in [2.24, 2.45) is 0 Å². The Bertz CT molecular complexity index is 918. The maximum Gasteiger partial charge on any atom is 0.321 e. The molecule has 7 nitrogen and oxygen atoms in total. The molecular weight excluding hydrogens is 356 g/mol. The van der Waals surface area contributed by atoms with Crippen LogP contribution < -0.4 is 20.9 Å². The summed E-state index contributed by atoms with van der Waals surface area (Å²) in [4.78, 5) is 38.7. The summed E-state index contributed by atoms with van der Waals surface area (Å²) in [6.45, 7) is 6.82. The van der Waals surface area contributed by atoms with E-state index in [2.05, 4.69) is 16.0 Å². The van der Waals surface area contributed by atoms with Crippen molar-refractivity contribution in [3.63, 3.8) is 0 Å². The number of urea groups is 1. The third-order valence-corrected chi connectivity index (χ3v) is 4.19. The number of carbonyl (C=O) groups is 3. The van der Waals surface area contributed by atoms with E-state index in [0.29, 0.717) is 35.6 Å². The van der Waals surface area contributed by atoms with Gasteiger partial charge in [0, 0.05) is 29.9 Å². The number of rotatable bonds is 4. The number of benzene rings is 2. The van der Waals surface area contributed by atoms with Crippen LogP contribution >= 0.6 is 0 Å². The Hall–Kier alpha value is -3.35. The molecule has 0 bridgehead atoms. The first-order valence-electron chi connectivity index (χ1n) is 9.13. The highest BCUT2D eigenvalue weighted by Crippen LogP contribution is 2.21. The molecule has 3 rings (SSSR count). The van der Waals surface area contributed by atoms with Gasteiger partial charge in [0.25, 0.3) is 11.8 Å². The standard InChI is InChI=1S/C21H24N4O3/c1-21(2,3)24-19(27)16-9-4-5-10-17(16)23-18(26)14-7-6-8-15(13-14)25-12-11-22-20(25)28/h4-10,13H,11-12H2,1-3H3,(H,22,28)(H,23,26)(H,24,27). The Balaban J connectivity index is 1.81. The predicted molar refractivity (Wildman–Crippen MR) is 109 cm³/mol. The summed E-state index contributed by atoms with van der Waals surface area (Å²) in [5.41, 5.74) is 1.49. The van der Waals surface area contributed by atoms with Crippen molar-refractivity contribution in [1.82, 2.24) is 10.6 Å². The Morgan fingerprint density at radius 2 is 1.79 bits per heavy atom. The number of hydrogen-bond donors (Lipinski definition) is 3. The molecule has 0 spiro atoms. The molecule has 1 heterocycles. The topological polar surface area (TPSA) is 90.5 Å². The van der Waals surface area contributed by atoms with Crippen LogP contribution in [0.25, 0.3) is 0 Å². The van der Waals surface area contributed by atoms with Gasteiger partial charge in [-0.25, -0.2) is 4.79 Å². The van der Waals surface area contributed by atoms with E-state index in [1.54, 1.807) is 53.4 Å². The summed E-state index contributed by atoms with van der Waals surface area (Å²) in [5, 5.41) is 8.44. The molecule has 0 aliphatic carbocycles. The first kappa shape index (κ1) is 19.4. The maximum absolute atomic E-state index is 12.8. The van der Waals surface area contributed by atoms with Crippen molar-refractivity contribution in [3.8, 4) is 0 Å². The zero-order valence-electron chi connectivity index (χ0n) is 16.2. The number of anilines is 2. The molecular formula is C21H24N4O3. The predicted octanol–water partition coefficient (Wildman–Crippen LogP) is 3.00. The molecule has 1 saturated heterocycles. The van der Waals surface area contributed by atoms with E-state index in [1.807, 2.05) is 20.8 Å². The molecule has 146 valence electrons. The molecule has 1 aliphatic heterocycles. The lowest BCUT2D eigenvalue weighted by Gasteiger charge is -2.21. The fourth-order valence-corrected chi connectivity index (χ4v) is 2.93. The smallest absolute Gasteiger partial charge is 0.321 e. The maximum atomic E-state index is 12.8. The fraction of sp³-hybridized carbons (Fsp3) is 0.286. The number of para-hydroxylation sites is 1. The summed E-state index contributed by atoms with van der Waals surface area (Å²) in [5.74, 6) is -0.608. The van der Waals surface area contributed by atoms with E-state index in [9.17, 15) is 14.4 Å². The molecule has 28 heavy (non-hydrogen) atoms. The number of amides is 4. The zero-order valence-corrected chi connectivity index (χ0v) is 16.2. The molecule has 0 saturated carbocycles. The van der Waals surface area contributed by atoms with Crippen LogP contribution in [0.5, 0.6) is 0 Å². The normalized spacial score (nSPS) is 13.8. The molecule has 0 aromatic heterocycles. The van der Waals surface area contributed by atoms with Gasteiger partial charge in [-0.3, -0.25) is 14.5 Å². The Kier molecular flexibility index (Phi) is 5.35. The van der Waals surface area contributed by atoms with Gasteiger partial charge in [0.1, 0.15) is 0 Å². The van der Waals surface area contributed by atoms with E-state index >= 15 is 0 Å². The van der Waals surface area contributed by atoms with Crippen LogP contribution in [-0.4, -0.2) is 36.5 Å². The third-order valence-electron chi connectivity index (χ3n) is 4.19. The second kappa shape index (κ2) is 7.72. The van der Waals surface area contributed by atoms with Crippen molar-refractivity contribution in [3.05, 3.63) is 59.7 Å². The molecule has 1 aliphatic rings. The van der Waals surface area contributed by atoms with Crippen LogP contribution in [0.1, 0.15) is 41.5 Å². The summed E-state index contributed by atoms with van der Waals surface area (Å²) < 4.78 is 0. The monoisotopic (exact) mass is 380 g/mol. The molecule has 0 unspecified atom stereocenters. The van der Waals surface area contributed by atoms with Gasteiger partial charge < -0.3 is 16.0 Å². The lowest BCUT2D eigenvalue weighted by Crippen LogP contribution is -2.40. The minimum absolute atomic E-state index is 0.179. The quantitative estimate of drug-likeness (QED) is 0.762. The lowest BCUT2D eigenvalue weighted by atomic mass is 10.1. The largest absolute Gasteiger partial charge is 0.347 e. The van der Waals surface area contributed by atoms with Crippen molar-refractivity contribution in [2.45, 2.75) is 26.3 Å². The van der Waals surface area contributed by atoms with E-state index in [-0.39, 0.29) is 17.8 Å². The number of nitrogens with zero attached hydrogens (tertiary/aromatic N) is 1. The summed E-state index contributed by atoms with van der Waals surface area (Å²) >= 11 is 0. The highest BCUT2D eigenvalue weighted by molar-refractivity contribution is 6.09. The SMILES string of the molecule is CC(C)(C)NC(=O)c1ccccc1NC(=O)c1cccc(N2CCNC2=O)c1. The number of nitrogens with one attached hydrogen (secondary N) is 3. The highest BCUT2D eigenvalue weighted by Gasteiger charge is 2.22. The Labute approximate surface area is 164 Å². The molecule has 0 radical (unpaired) electrons. The molecule has 1 fully saturated rings. The molecule has 2 aromatic carbocycles. The van der Waals surface area contributed by atoms with E-state index in [0.717, 1.165) is 0 Å². The molecule has 2 aromatic rings. The molecule has 0 atom stereocenters. The first-order valence-corrected chi connectivity index (χ1v) is 9.13.